The molecule has 1 saturated carbocycles. The van der Waals surface area contributed by atoms with Gasteiger partial charge in [-0.05, 0) is 49.5 Å². The van der Waals surface area contributed by atoms with Gasteiger partial charge in [-0.3, -0.25) is 9.67 Å². The molecule has 1 aromatic rings. The molecule has 1 aliphatic rings. The van der Waals surface area contributed by atoms with Gasteiger partial charge in [0.05, 0.1) is 6.20 Å². The Bertz CT molecular complexity index is 499. The lowest BCUT2D eigenvalue weighted by Gasteiger charge is -2.42. The van der Waals surface area contributed by atoms with E-state index in [1.54, 1.807) is 0 Å². The molecule has 2 N–H and O–H groups in total. The summed E-state index contributed by atoms with van der Waals surface area (Å²) in [6.07, 6.45) is 10.3. The molecule has 0 aliphatic heterocycles. The van der Waals surface area contributed by atoms with Crippen molar-refractivity contribution in [2.75, 3.05) is 19.6 Å². The molecule has 5 heteroatoms. The van der Waals surface area contributed by atoms with Gasteiger partial charge >= 0.3 is 0 Å². The van der Waals surface area contributed by atoms with Crippen LogP contribution in [-0.2, 0) is 13.5 Å². The summed E-state index contributed by atoms with van der Waals surface area (Å²) >= 11 is 0. The van der Waals surface area contributed by atoms with Gasteiger partial charge in [-0.15, -0.1) is 0 Å². The highest BCUT2D eigenvalue weighted by Gasteiger charge is 2.37. The van der Waals surface area contributed by atoms with Crippen LogP contribution in [0.3, 0.4) is 0 Å². The smallest absolute Gasteiger partial charge is 0.191 e. The SMILES string of the molecule is CCNC(=NCC1(CC(C)C)CCC1)NCCc1cnn(C)c1. The monoisotopic (exact) mass is 319 g/mol. The summed E-state index contributed by atoms with van der Waals surface area (Å²) in [4.78, 5) is 4.87. The summed E-state index contributed by atoms with van der Waals surface area (Å²) in [7, 11) is 1.95. The molecule has 23 heavy (non-hydrogen) atoms. The Morgan fingerprint density at radius 3 is 2.70 bits per heavy atom. The Morgan fingerprint density at radius 2 is 2.17 bits per heavy atom. The zero-order chi connectivity index (χ0) is 16.7. The Balaban J connectivity index is 1.84. The molecule has 2 rings (SSSR count). The molecule has 0 unspecified atom stereocenters. The van der Waals surface area contributed by atoms with Crippen molar-refractivity contribution in [3.63, 3.8) is 0 Å². The fourth-order valence-electron chi connectivity index (χ4n) is 3.48. The third-order valence-corrected chi connectivity index (χ3v) is 4.64. The van der Waals surface area contributed by atoms with Crippen molar-refractivity contribution in [1.29, 1.82) is 0 Å². The number of nitrogens with one attached hydrogen (secondary N) is 2. The molecule has 1 aromatic heterocycles. The lowest BCUT2D eigenvalue weighted by Crippen LogP contribution is -2.41. The second-order valence-corrected chi connectivity index (χ2v) is 7.35. The first-order valence-corrected chi connectivity index (χ1v) is 9.03. The van der Waals surface area contributed by atoms with Crippen LogP contribution >= 0.6 is 0 Å². The minimum absolute atomic E-state index is 0.458. The van der Waals surface area contributed by atoms with Crippen LogP contribution in [0.1, 0.15) is 52.0 Å². The summed E-state index contributed by atoms with van der Waals surface area (Å²) in [6.45, 7) is 9.49. The van der Waals surface area contributed by atoms with Gasteiger partial charge in [0.1, 0.15) is 0 Å². The minimum Gasteiger partial charge on any atom is -0.357 e. The molecule has 1 fully saturated rings. The number of aromatic nitrogens is 2. The van der Waals surface area contributed by atoms with E-state index < -0.39 is 0 Å². The average molecular weight is 319 g/mol. The van der Waals surface area contributed by atoms with Crippen molar-refractivity contribution in [3.8, 4) is 0 Å². The van der Waals surface area contributed by atoms with E-state index in [0.29, 0.717) is 5.41 Å². The second kappa shape index (κ2) is 8.37. The van der Waals surface area contributed by atoms with E-state index in [0.717, 1.165) is 37.9 Å². The van der Waals surface area contributed by atoms with Crippen molar-refractivity contribution >= 4 is 5.96 Å². The highest BCUT2D eigenvalue weighted by Crippen LogP contribution is 2.46. The highest BCUT2D eigenvalue weighted by molar-refractivity contribution is 5.79. The molecule has 130 valence electrons. The molecule has 0 atom stereocenters. The molecule has 5 nitrogen and oxygen atoms in total. The second-order valence-electron chi connectivity index (χ2n) is 7.35. The van der Waals surface area contributed by atoms with E-state index in [1.165, 1.54) is 31.2 Å². The Morgan fingerprint density at radius 1 is 1.39 bits per heavy atom. The van der Waals surface area contributed by atoms with Crippen molar-refractivity contribution in [2.24, 2.45) is 23.4 Å². The van der Waals surface area contributed by atoms with Crippen molar-refractivity contribution in [3.05, 3.63) is 18.0 Å². The van der Waals surface area contributed by atoms with Crippen LogP contribution in [0.25, 0.3) is 0 Å². The molecular weight excluding hydrogens is 286 g/mol. The third kappa shape index (κ3) is 5.56. The van der Waals surface area contributed by atoms with E-state index in [1.807, 2.05) is 17.9 Å². The van der Waals surface area contributed by atoms with Crippen LogP contribution in [0.2, 0.25) is 0 Å². The van der Waals surface area contributed by atoms with E-state index in [4.69, 9.17) is 4.99 Å². The number of rotatable bonds is 8. The van der Waals surface area contributed by atoms with Gasteiger partial charge in [-0.25, -0.2) is 0 Å². The lowest BCUT2D eigenvalue weighted by atomic mass is 9.64. The molecule has 0 aromatic carbocycles. The van der Waals surface area contributed by atoms with Gasteiger partial charge in [-0.2, -0.15) is 5.10 Å². The van der Waals surface area contributed by atoms with Gasteiger partial charge in [0.25, 0.3) is 0 Å². The largest absolute Gasteiger partial charge is 0.357 e. The van der Waals surface area contributed by atoms with Crippen molar-refractivity contribution in [1.82, 2.24) is 20.4 Å². The summed E-state index contributed by atoms with van der Waals surface area (Å²) < 4.78 is 1.85. The lowest BCUT2D eigenvalue weighted by molar-refractivity contribution is 0.111. The van der Waals surface area contributed by atoms with Gasteiger partial charge in [0.15, 0.2) is 5.96 Å². The first kappa shape index (κ1) is 17.8. The maximum Gasteiger partial charge on any atom is 0.191 e. The van der Waals surface area contributed by atoms with Crippen LogP contribution in [0.15, 0.2) is 17.4 Å². The minimum atomic E-state index is 0.458. The van der Waals surface area contributed by atoms with Crippen LogP contribution in [0, 0.1) is 11.3 Å². The quantitative estimate of drug-likeness (QED) is 0.572. The summed E-state index contributed by atoms with van der Waals surface area (Å²) in [5.74, 6) is 1.71. The molecule has 1 aliphatic carbocycles. The first-order valence-electron chi connectivity index (χ1n) is 9.03. The summed E-state index contributed by atoms with van der Waals surface area (Å²) in [5.41, 5.74) is 1.71. The number of nitrogens with zero attached hydrogens (tertiary/aromatic N) is 3. The third-order valence-electron chi connectivity index (χ3n) is 4.64. The molecule has 0 bridgehead atoms. The molecule has 1 heterocycles. The molecular formula is C18H33N5. The molecule has 0 radical (unpaired) electrons. The van der Waals surface area contributed by atoms with E-state index in [9.17, 15) is 0 Å². The normalized spacial score (nSPS) is 17.2. The molecule has 0 amide bonds. The Labute approximate surface area is 141 Å². The van der Waals surface area contributed by atoms with Gasteiger partial charge in [0.2, 0.25) is 0 Å². The number of guanidine groups is 1. The summed E-state index contributed by atoms with van der Waals surface area (Å²) in [5, 5.41) is 11.0. The molecule has 0 saturated heterocycles. The Hall–Kier alpha value is -1.52. The maximum absolute atomic E-state index is 4.87. The first-order chi connectivity index (χ1) is 11.0. The number of aryl methyl sites for hydroxylation is 1. The van der Waals surface area contributed by atoms with Gasteiger partial charge < -0.3 is 10.6 Å². The van der Waals surface area contributed by atoms with Gasteiger partial charge in [-0.1, -0.05) is 20.3 Å². The molecule has 0 spiro atoms. The fraction of sp³-hybridized carbons (Fsp3) is 0.778. The Kier molecular flexibility index (Phi) is 6.48. The number of hydrogen-bond donors (Lipinski definition) is 2. The average Bonchev–Trinajstić information content (AvgIpc) is 2.86. The highest BCUT2D eigenvalue weighted by atomic mass is 15.2. The van der Waals surface area contributed by atoms with Crippen LogP contribution < -0.4 is 10.6 Å². The standard InChI is InChI=1S/C18H33N5/c1-5-19-17(20-10-7-16-12-22-23(4)13-16)21-14-18(8-6-9-18)11-15(2)3/h12-13,15H,5-11,14H2,1-4H3,(H2,19,20,21). The van der Waals surface area contributed by atoms with Gasteiger partial charge in [0, 0.05) is 32.9 Å². The number of hydrogen-bond acceptors (Lipinski definition) is 2. The topological polar surface area (TPSA) is 54.2 Å². The van der Waals surface area contributed by atoms with Crippen LogP contribution in [0.4, 0.5) is 0 Å². The maximum atomic E-state index is 4.87. The fourth-order valence-corrected chi connectivity index (χ4v) is 3.48. The van der Waals surface area contributed by atoms with Crippen molar-refractivity contribution in [2.45, 2.75) is 52.9 Å². The summed E-state index contributed by atoms with van der Waals surface area (Å²) in [6, 6.07) is 0. The predicted octanol–water partition coefficient (Wildman–Crippen LogP) is 2.73. The van der Waals surface area contributed by atoms with Crippen LogP contribution in [0.5, 0.6) is 0 Å². The van der Waals surface area contributed by atoms with E-state index in [2.05, 4.69) is 42.7 Å². The van der Waals surface area contributed by atoms with E-state index in [-0.39, 0.29) is 0 Å². The number of aliphatic imine (C=N–C) groups is 1. The van der Waals surface area contributed by atoms with E-state index >= 15 is 0 Å². The predicted molar refractivity (Wildman–Crippen MR) is 96.6 cm³/mol. The van der Waals surface area contributed by atoms with Crippen molar-refractivity contribution < 1.29 is 0 Å². The van der Waals surface area contributed by atoms with Crippen LogP contribution in [-0.4, -0.2) is 35.4 Å². The zero-order valence-corrected chi connectivity index (χ0v) is 15.2. The zero-order valence-electron chi connectivity index (χ0n) is 15.2.